The van der Waals surface area contributed by atoms with E-state index >= 15 is 0 Å². The first-order chi connectivity index (χ1) is 12.7. The smallest absolute Gasteiger partial charge is 0.207 e. The van der Waals surface area contributed by atoms with Gasteiger partial charge in [0.1, 0.15) is 0 Å². The van der Waals surface area contributed by atoms with E-state index < -0.39 is 18.1 Å². The Bertz CT molecular complexity index is 857. The summed E-state index contributed by atoms with van der Waals surface area (Å²) in [5, 5.41) is 0. The normalized spacial score (nSPS) is 21.9. The van der Waals surface area contributed by atoms with Crippen LogP contribution in [0.15, 0.2) is 59.5 Å². The molecule has 1 heterocycles. The Morgan fingerprint density at radius 1 is 1.00 bits per heavy atom. The van der Waals surface area contributed by atoms with Gasteiger partial charge in [0.15, 0.2) is 0 Å². The maximum Gasteiger partial charge on any atom is 0.243 e. The van der Waals surface area contributed by atoms with E-state index in [0.29, 0.717) is 17.4 Å². The van der Waals surface area contributed by atoms with Crippen molar-refractivity contribution in [2.45, 2.75) is 62.3 Å². The third kappa shape index (κ3) is 4.89. The highest BCUT2D eigenvalue weighted by molar-refractivity contribution is 7.89. The van der Waals surface area contributed by atoms with Crippen molar-refractivity contribution in [3.05, 3.63) is 65.7 Å². The van der Waals surface area contributed by atoms with Gasteiger partial charge in [-0.2, -0.15) is 4.31 Å². The highest BCUT2D eigenvalue weighted by atomic mass is 32.2. The van der Waals surface area contributed by atoms with E-state index in [9.17, 15) is 8.42 Å². The van der Waals surface area contributed by atoms with Crippen molar-refractivity contribution in [2.75, 3.05) is 6.54 Å². The van der Waals surface area contributed by atoms with Gasteiger partial charge in [-0.15, -0.1) is 0 Å². The molecule has 0 amide bonds. The molecule has 1 aliphatic heterocycles. The van der Waals surface area contributed by atoms with Crippen LogP contribution < -0.4 is 0 Å². The van der Waals surface area contributed by atoms with Gasteiger partial charge in [-0.05, 0) is 49.4 Å². The lowest BCUT2D eigenvalue weighted by Gasteiger charge is -2.41. The van der Waals surface area contributed by atoms with Gasteiger partial charge in [-0.3, -0.25) is 0 Å². The van der Waals surface area contributed by atoms with Gasteiger partial charge in [0.05, 0.1) is 4.90 Å². The molecule has 1 saturated heterocycles. The average Bonchev–Trinajstić information content (AvgIpc) is 2.61. The van der Waals surface area contributed by atoms with Crippen LogP contribution in [0.25, 0.3) is 0 Å². The molecular weight excluding hydrogens is 370 g/mol. The minimum atomic E-state index is -3.45. The lowest BCUT2D eigenvalue weighted by molar-refractivity contribution is 0.244. The minimum Gasteiger partial charge on any atom is -0.207 e. The quantitative estimate of drug-likeness (QED) is 0.640. The SMILES string of the molecule is Cc1ccc(S(=O)(=O)N2CCC(c3ccccc3)C[C@@H]2C[Si](C)(C)C)cc1. The zero-order valence-corrected chi connectivity index (χ0v) is 18.7. The van der Waals surface area contributed by atoms with Crippen molar-refractivity contribution in [3.8, 4) is 0 Å². The molecule has 1 fully saturated rings. The average molecular weight is 402 g/mol. The Morgan fingerprint density at radius 3 is 2.22 bits per heavy atom. The Balaban J connectivity index is 1.90. The van der Waals surface area contributed by atoms with Crippen LogP contribution in [0.5, 0.6) is 0 Å². The molecule has 3 nitrogen and oxygen atoms in total. The summed E-state index contributed by atoms with van der Waals surface area (Å²) in [5.41, 5.74) is 2.42. The van der Waals surface area contributed by atoms with Gasteiger partial charge in [0.25, 0.3) is 0 Å². The number of aryl methyl sites for hydroxylation is 1. The summed E-state index contributed by atoms with van der Waals surface area (Å²) >= 11 is 0. The summed E-state index contributed by atoms with van der Waals surface area (Å²) in [7, 11) is -4.86. The van der Waals surface area contributed by atoms with Crippen molar-refractivity contribution in [3.63, 3.8) is 0 Å². The maximum absolute atomic E-state index is 13.4. The molecule has 146 valence electrons. The molecule has 0 saturated carbocycles. The number of benzene rings is 2. The molecule has 2 aromatic carbocycles. The lowest BCUT2D eigenvalue weighted by Crippen LogP contribution is -2.48. The van der Waals surface area contributed by atoms with Crippen LogP contribution in [0.2, 0.25) is 25.7 Å². The number of piperidine rings is 1. The van der Waals surface area contributed by atoms with E-state index in [1.807, 2.05) is 25.1 Å². The van der Waals surface area contributed by atoms with Crippen molar-refractivity contribution >= 4 is 18.1 Å². The van der Waals surface area contributed by atoms with E-state index in [1.165, 1.54) is 5.56 Å². The second-order valence-corrected chi connectivity index (χ2v) is 16.4. The van der Waals surface area contributed by atoms with Crippen LogP contribution >= 0.6 is 0 Å². The molecule has 2 aromatic rings. The van der Waals surface area contributed by atoms with Gasteiger partial charge >= 0.3 is 0 Å². The molecule has 0 aliphatic carbocycles. The summed E-state index contributed by atoms with van der Waals surface area (Å²) in [6.45, 7) is 9.57. The second kappa shape index (κ2) is 7.90. The number of hydrogen-bond acceptors (Lipinski definition) is 2. The van der Waals surface area contributed by atoms with Crippen LogP contribution in [0.4, 0.5) is 0 Å². The van der Waals surface area contributed by atoms with Crippen LogP contribution in [0, 0.1) is 6.92 Å². The predicted molar refractivity (Wildman–Crippen MR) is 115 cm³/mol. The first-order valence-corrected chi connectivity index (χ1v) is 14.9. The molecular formula is C22H31NO2SSi. The molecule has 1 aliphatic rings. The third-order valence-corrected chi connectivity index (χ3v) is 9.07. The number of nitrogens with zero attached hydrogens (tertiary/aromatic N) is 1. The molecule has 3 rings (SSSR count). The second-order valence-electron chi connectivity index (χ2n) is 8.98. The fourth-order valence-electron chi connectivity index (χ4n) is 4.11. The van der Waals surface area contributed by atoms with Crippen molar-refractivity contribution in [1.29, 1.82) is 0 Å². The standard InChI is InChI=1S/C22H31NO2SSi/c1-18-10-12-22(13-11-18)26(24,25)23-15-14-20(19-8-6-5-7-9-19)16-21(23)17-27(2,3)4/h5-13,20-21H,14-17H2,1-4H3/t20?,21-/m1/s1. The molecule has 0 N–H and O–H groups in total. The summed E-state index contributed by atoms with van der Waals surface area (Å²) in [6, 6.07) is 18.9. The molecule has 0 radical (unpaired) electrons. The predicted octanol–water partition coefficient (Wildman–Crippen LogP) is 5.27. The summed E-state index contributed by atoms with van der Waals surface area (Å²) in [4.78, 5) is 0.423. The van der Waals surface area contributed by atoms with Crippen molar-refractivity contribution < 1.29 is 8.42 Å². The van der Waals surface area contributed by atoms with E-state index in [1.54, 1.807) is 16.4 Å². The zero-order valence-electron chi connectivity index (χ0n) is 16.9. The highest BCUT2D eigenvalue weighted by Crippen LogP contribution is 2.37. The van der Waals surface area contributed by atoms with Crippen LogP contribution in [-0.4, -0.2) is 33.4 Å². The fourth-order valence-corrected chi connectivity index (χ4v) is 7.69. The molecule has 0 bridgehead atoms. The van der Waals surface area contributed by atoms with Gasteiger partial charge < -0.3 is 0 Å². The molecule has 0 spiro atoms. The monoisotopic (exact) mass is 401 g/mol. The summed E-state index contributed by atoms with van der Waals surface area (Å²) < 4.78 is 28.6. The Kier molecular flexibility index (Phi) is 5.94. The van der Waals surface area contributed by atoms with E-state index in [2.05, 4.69) is 43.9 Å². The van der Waals surface area contributed by atoms with Crippen molar-refractivity contribution in [1.82, 2.24) is 4.31 Å². The van der Waals surface area contributed by atoms with Gasteiger partial charge in [-0.25, -0.2) is 8.42 Å². The van der Waals surface area contributed by atoms with Crippen molar-refractivity contribution in [2.24, 2.45) is 0 Å². The number of rotatable bonds is 5. The fraction of sp³-hybridized carbons (Fsp3) is 0.455. The molecule has 5 heteroatoms. The zero-order chi connectivity index (χ0) is 19.7. The molecule has 1 unspecified atom stereocenters. The highest BCUT2D eigenvalue weighted by Gasteiger charge is 2.39. The first kappa shape index (κ1) is 20.3. The van der Waals surface area contributed by atoms with Crippen LogP contribution in [0.3, 0.4) is 0 Å². The Morgan fingerprint density at radius 2 is 1.63 bits per heavy atom. The van der Waals surface area contributed by atoms with Gasteiger partial charge in [0.2, 0.25) is 10.0 Å². The Labute approximate surface area is 165 Å². The van der Waals surface area contributed by atoms with Crippen LogP contribution in [0.1, 0.15) is 29.9 Å². The number of hydrogen-bond donors (Lipinski definition) is 0. The first-order valence-electron chi connectivity index (χ1n) is 9.80. The number of sulfonamides is 1. The maximum atomic E-state index is 13.4. The third-order valence-electron chi connectivity index (χ3n) is 5.41. The topological polar surface area (TPSA) is 37.4 Å². The van der Waals surface area contributed by atoms with Gasteiger partial charge in [0, 0.05) is 20.7 Å². The summed E-state index contributed by atoms with van der Waals surface area (Å²) in [6.07, 6.45) is 1.80. The van der Waals surface area contributed by atoms with Crippen LogP contribution in [-0.2, 0) is 10.0 Å². The largest absolute Gasteiger partial charge is 0.243 e. The van der Waals surface area contributed by atoms with Gasteiger partial charge in [-0.1, -0.05) is 67.7 Å². The summed E-state index contributed by atoms with van der Waals surface area (Å²) in [5.74, 6) is 0.442. The Hall–Kier alpha value is -1.43. The van der Waals surface area contributed by atoms with E-state index in [-0.39, 0.29) is 6.04 Å². The minimum absolute atomic E-state index is 0.0851. The molecule has 27 heavy (non-hydrogen) atoms. The molecule has 2 atom stereocenters. The van der Waals surface area contributed by atoms with E-state index in [0.717, 1.165) is 24.4 Å². The lowest BCUT2D eigenvalue weighted by atomic mass is 9.87. The molecule has 0 aromatic heterocycles. The van der Waals surface area contributed by atoms with E-state index in [4.69, 9.17) is 0 Å².